The van der Waals surface area contributed by atoms with Gasteiger partial charge >= 0.3 is 5.97 Å². The standard InChI is InChI=1S/C11H17NO2/c1-2-4-9(10(13)14)12-7-11(8-12)5-3-6-11/h2,9H,1,3-8H2,(H,13,14). The maximum Gasteiger partial charge on any atom is 0.321 e. The zero-order valence-electron chi connectivity index (χ0n) is 8.41. The summed E-state index contributed by atoms with van der Waals surface area (Å²) in [6.07, 6.45) is 6.18. The first-order valence-electron chi connectivity index (χ1n) is 5.25. The Labute approximate surface area is 84.4 Å². The molecule has 14 heavy (non-hydrogen) atoms. The van der Waals surface area contributed by atoms with Gasteiger partial charge in [-0.3, -0.25) is 9.69 Å². The molecule has 0 aromatic rings. The third kappa shape index (κ3) is 1.46. The Morgan fingerprint density at radius 1 is 1.57 bits per heavy atom. The lowest BCUT2D eigenvalue weighted by atomic mass is 9.63. The van der Waals surface area contributed by atoms with Gasteiger partial charge in [-0.15, -0.1) is 6.58 Å². The molecule has 1 saturated carbocycles. The monoisotopic (exact) mass is 195 g/mol. The fourth-order valence-corrected chi connectivity index (χ4v) is 2.59. The van der Waals surface area contributed by atoms with Crippen molar-refractivity contribution in [2.24, 2.45) is 5.41 Å². The van der Waals surface area contributed by atoms with E-state index in [2.05, 4.69) is 11.5 Å². The van der Waals surface area contributed by atoms with Crippen LogP contribution in [-0.4, -0.2) is 35.1 Å². The summed E-state index contributed by atoms with van der Waals surface area (Å²) in [5, 5.41) is 9.01. The number of likely N-dealkylation sites (tertiary alicyclic amines) is 1. The molecule has 1 spiro atoms. The Hall–Kier alpha value is -0.830. The number of nitrogens with zero attached hydrogens (tertiary/aromatic N) is 1. The minimum atomic E-state index is -0.709. The Morgan fingerprint density at radius 2 is 2.21 bits per heavy atom. The zero-order valence-corrected chi connectivity index (χ0v) is 8.41. The molecule has 78 valence electrons. The van der Waals surface area contributed by atoms with E-state index in [1.807, 2.05) is 0 Å². The van der Waals surface area contributed by atoms with Crippen molar-refractivity contribution in [3.63, 3.8) is 0 Å². The second kappa shape index (κ2) is 3.39. The predicted molar refractivity (Wildman–Crippen MR) is 54.1 cm³/mol. The van der Waals surface area contributed by atoms with Gasteiger partial charge in [0.15, 0.2) is 0 Å². The third-order valence-electron chi connectivity index (χ3n) is 3.61. The molecule has 1 unspecified atom stereocenters. The highest BCUT2D eigenvalue weighted by atomic mass is 16.4. The Bertz CT molecular complexity index is 250. The van der Waals surface area contributed by atoms with Crippen LogP contribution in [0.3, 0.4) is 0 Å². The van der Waals surface area contributed by atoms with Gasteiger partial charge in [0.05, 0.1) is 0 Å². The minimum Gasteiger partial charge on any atom is -0.480 e. The van der Waals surface area contributed by atoms with Gasteiger partial charge in [0, 0.05) is 13.1 Å². The number of carbonyl (C=O) groups is 1. The number of hydrogen-bond acceptors (Lipinski definition) is 2. The van der Waals surface area contributed by atoms with Crippen LogP contribution in [0, 0.1) is 5.41 Å². The number of aliphatic carboxylic acids is 1. The van der Waals surface area contributed by atoms with E-state index in [4.69, 9.17) is 5.11 Å². The molecule has 1 aliphatic carbocycles. The van der Waals surface area contributed by atoms with Crippen LogP contribution >= 0.6 is 0 Å². The fourth-order valence-electron chi connectivity index (χ4n) is 2.59. The molecule has 1 saturated heterocycles. The van der Waals surface area contributed by atoms with Crippen molar-refractivity contribution < 1.29 is 9.90 Å². The van der Waals surface area contributed by atoms with Gasteiger partial charge in [0.1, 0.15) is 6.04 Å². The molecule has 1 aliphatic heterocycles. The van der Waals surface area contributed by atoms with E-state index in [1.165, 1.54) is 19.3 Å². The SMILES string of the molecule is C=CCC(C(=O)O)N1CC2(CCC2)C1. The second-order valence-corrected chi connectivity index (χ2v) is 4.64. The summed E-state index contributed by atoms with van der Waals surface area (Å²) in [6, 6.07) is -0.335. The van der Waals surface area contributed by atoms with Crippen LogP contribution in [0.15, 0.2) is 12.7 Å². The van der Waals surface area contributed by atoms with Crippen LogP contribution in [0.5, 0.6) is 0 Å². The molecular formula is C11H17NO2. The highest BCUT2D eigenvalue weighted by molar-refractivity contribution is 5.73. The summed E-state index contributed by atoms with van der Waals surface area (Å²) in [5.41, 5.74) is 0.509. The van der Waals surface area contributed by atoms with Gasteiger partial charge in [-0.25, -0.2) is 0 Å². The molecule has 3 heteroatoms. The first kappa shape index (κ1) is 9.71. The third-order valence-corrected chi connectivity index (χ3v) is 3.61. The Kier molecular flexibility index (Phi) is 2.35. The number of carboxylic acids is 1. The van der Waals surface area contributed by atoms with Gasteiger partial charge in [-0.2, -0.15) is 0 Å². The summed E-state index contributed by atoms with van der Waals surface area (Å²) >= 11 is 0. The summed E-state index contributed by atoms with van der Waals surface area (Å²) in [5.74, 6) is -0.709. The van der Waals surface area contributed by atoms with E-state index in [-0.39, 0.29) is 6.04 Å². The van der Waals surface area contributed by atoms with Gasteiger partial charge in [-0.1, -0.05) is 12.5 Å². The molecule has 2 rings (SSSR count). The lowest BCUT2D eigenvalue weighted by Crippen LogP contribution is -2.64. The molecule has 1 heterocycles. The minimum absolute atomic E-state index is 0.335. The normalized spacial score (nSPS) is 26.3. The molecule has 0 aromatic carbocycles. The highest BCUT2D eigenvalue weighted by Crippen LogP contribution is 2.48. The first-order chi connectivity index (χ1) is 6.67. The van der Waals surface area contributed by atoms with Crippen LogP contribution in [0.25, 0.3) is 0 Å². The van der Waals surface area contributed by atoms with Crippen molar-refractivity contribution in [1.82, 2.24) is 4.90 Å². The molecule has 0 aromatic heterocycles. The van der Waals surface area contributed by atoms with Crippen molar-refractivity contribution in [2.75, 3.05) is 13.1 Å². The maximum absolute atomic E-state index is 11.0. The van der Waals surface area contributed by atoms with Crippen LogP contribution in [0.4, 0.5) is 0 Å². The summed E-state index contributed by atoms with van der Waals surface area (Å²) in [7, 11) is 0. The topological polar surface area (TPSA) is 40.5 Å². The predicted octanol–water partition coefficient (Wildman–Crippen LogP) is 1.50. The van der Waals surface area contributed by atoms with Gasteiger partial charge < -0.3 is 5.11 Å². The van der Waals surface area contributed by atoms with Gasteiger partial charge in [0.25, 0.3) is 0 Å². The fraction of sp³-hybridized carbons (Fsp3) is 0.727. The molecule has 0 bridgehead atoms. The van der Waals surface area contributed by atoms with Crippen LogP contribution in [-0.2, 0) is 4.79 Å². The average Bonchev–Trinajstić information content (AvgIpc) is 1.97. The number of hydrogen-bond donors (Lipinski definition) is 1. The van der Waals surface area contributed by atoms with E-state index in [0.29, 0.717) is 11.8 Å². The Morgan fingerprint density at radius 3 is 2.57 bits per heavy atom. The van der Waals surface area contributed by atoms with Crippen molar-refractivity contribution in [2.45, 2.75) is 31.7 Å². The van der Waals surface area contributed by atoms with Crippen molar-refractivity contribution in [3.05, 3.63) is 12.7 Å². The molecular weight excluding hydrogens is 178 g/mol. The van der Waals surface area contributed by atoms with Crippen LogP contribution in [0.2, 0.25) is 0 Å². The van der Waals surface area contributed by atoms with E-state index in [1.54, 1.807) is 6.08 Å². The molecule has 0 radical (unpaired) electrons. The quantitative estimate of drug-likeness (QED) is 0.691. The van der Waals surface area contributed by atoms with E-state index in [0.717, 1.165) is 13.1 Å². The zero-order chi connectivity index (χ0) is 10.2. The average molecular weight is 195 g/mol. The van der Waals surface area contributed by atoms with Crippen molar-refractivity contribution >= 4 is 5.97 Å². The largest absolute Gasteiger partial charge is 0.480 e. The van der Waals surface area contributed by atoms with Crippen molar-refractivity contribution in [3.8, 4) is 0 Å². The van der Waals surface area contributed by atoms with Crippen molar-refractivity contribution in [1.29, 1.82) is 0 Å². The molecule has 1 N–H and O–H groups in total. The molecule has 3 nitrogen and oxygen atoms in total. The summed E-state index contributed by atoms with van der Waals surface area (Å²) < 4.78 is 0. The number of carboxylic acid groups (broad SMARTS) is 1. The number of rotatable bonds is 4. The lowest BCUT2D eigenvalue weighted by molar-refractivity contribution is -0.153. The smallest absolute Gasteiger partial charge is 0.321 e. The maximum atomic E-state index is 11.0. The highest BCUT2D eigenvalue weighted by Gasteiger charge is 2.50. The second-order valence-electron chi connectivity index (χ2n) is 4.64. The van der Waals surface area contributed by atoms with E-state index < -0.39 is 5.97 Å². The van der Waals surface area contributed by atoms with E-state index >= 15 is 0 Å². The van der Waals surface area contributed by atoms with Crippen LogP contribution in [0.1, 0.15) is 25.7 Å². The molecule has 2 aliphatic rings. The molecule has 1 atom stereocenters. The molecule has 0 amide bonds. The first-order valence-corrected chi connectivity index (χ1v) is 5.25. The summed E-state index contributed by atoms with van der Waals surface area (Å²) in [4.78, 5) is 13.0. The van der Waals surface area contributed by atoms with Gasteiger partial charge in [-0.05, 0) is 24.7 Å². The van der Waals surface area contributed by atoms with E-state index in [9.17, 15) is 4.79 Å². The van der Waals surface area contributed by atoms with Crippen LogP contribution < -0.4 is 0 Å². The lowest BCUT2D eigenvalue weighted by Gasteiger charge is -2.57. The molecule has 2 fully saturated rings. The Balaban J connectivity index is 1.88. The van der Waals surface area contributed by atoms with Gasteiger partial charge in [0.2, 0.25) is 0 Å². The summed E-state index contributed by atoms with van der Waals surface area (Å²) in [6.45, 7) is 5.57.